The largest absolute Gasteiger partial charge is 0.339 e. The Morgan fingerprint density at radius 2 is 1.58 bits per heavy atom. The molecule has 0 spiro atoms. The van der Waals surface area contributed by atoms with E-state index in [0.29, 0.717) is 29.2 Å². The number of hydrogen-bond donors (Lipinski definition) is 1. The van der Waals surface area contributed by atoms with E-state index in [9.17, 15) is 18.0 Å². The molecular formula is C28H38N4O4S2. The lowest BCUT2D eigenvalue weighted by Gasteiger charge is -2.27. The fourth-order valence-corrected chi connectivity index (χ4v) is 8.54. The van der Waals surface area contributed by atoms with Gasteiger partial charge in [-0.2, -0.15) is 4.31 Å². The molecule has 10 heteroatoms. The standard InChI is InChI=1S/C28H38N4O4S2/c1-2-14-30-19-13-23-24(20-30)37-27(25(23)28(34)31-15-7-8-16-31)29-26(33)21-9-11-22(12-10-21)38(35,36)32-17-5-3-4-6-18-32/h9-12H,2-8,13-20H2,1H3,(H,29,33). The lowest BCUT2D eigenvalue weighted by molar-refractivity contribution is 0.0792. The summed E-state index contributed by atoms with van der Waals surface area (Å²) in [6.45, 7) is 7.49. The first-order valence-electron chi connectivity index (χ1n) is 14.0. The van der Waals surface area contributed by atoms with Gasteiger partial charge in [0.25, 0.3) is 11.8 Å². The van der Waals surface area contributed by atoms with Crippen molar-refractivity contribution >= 4 is 38.2 Å². The Kier molecular flexibility index (Phi) is 8.52. The fourth-order valence-electron chi connectivity index (χ4n) is 5.74. The minimum atomic E-state index is -3.58. The van der Waals surface area contributed by atoms with Crippen molar-refractivity contribution in [3.63, 3.8) is 0 Å². The first-order chi connectivity index (χ1) is 18.4. The summed E-state index contributed by atoms with van der Waals surface area (Å²) < 4.78 is 27.8. The summed E-state index contributed by atoms with van der Waals surface area (Å²) in [7, 11) is -3.58. The van der Waals surface area contributed by atoms with E-state index in [4.69, 9.17) is 0 Å². The molecule has 0 bridgehead atoms. The van der Waals surface area contributed by atoms with Crippen LogP contribution in [0.1, 0.15) is 83.0 Å². The molecule has 0 radical (unpaired) electrons. The van der Waals surface area contributed by atoms with E-state index in [0.717, 1.165) is 94.5 Å². The van der Waals surface area contributed by atoms with Crippen molar-refractivity contribution in [3.8, 4) is 0 Å². The molecule has 8 nitrogen and oxygen atoms in total. The van der Waals surface area contributed by atoms with Crippen molar-refractivity contribution in [1.29, 1.82) is 0 Å². The van der Waals surface area contributed by atoms with E-state index in [1.165, 1.54) is 23.5 Å². The number of nitrogens with one attached hydrogen (secondary N) is 1. The fraction of sp³-hybridized carbons (Fsp3) is 0.571. The number of anilines is 1. The topological polar surface area (TPSA) is 90.0 Å². The van der Waals surface area contributed by atoms with Gasteiger partial charge in [-0.05, 0) is 74.9 Å². The van der Waals surface area contributed by atoms with Gasteiger partial charge in [0.2, 0.25) is 10.0 Å². The van der Waals surface area contributed by atoms with Gasteiger partial charge in [-0.3, -0.25) is 14.5 Å². The lowest BCUT2D eigenvalue weighted by Crippen LogP contribution is -2.33. The molecule has 1 aromatic heterocycles. The van der Waals surface area contributed by atoms with E-state index < -0.39 is 10.0 Å². The minimum Gasteiger partial charge on any atom is -0.339 e. The molecule has 0 atom stereocenters. The van der Waals surface area contributed by atoms with Crippen LogP contribution in [0.4, 0.5) is 5.00 Å². The maximum absolute atomic E-state index is 13.6. The predicted molar refractivity (Wildman–Crippen MR) is 150 cm³/mol. The van der Waals surface area contributed by atoms with Crippen LogP contribution in [0.3, 0.4) is 0 Å². The van der Waals surface area contributed by atoms with Crippen LogP contribution < -0.4 is 5.32 Å². The number of nitrogens with zero attached hydrogens (tertiary/aromatic N) is 3. The number of carbonyl (C=O) groups is 2. The second-order valence-electron chi connectivity index (χ2n) is 10.5. The van der Waals surface area contributed by atoms with Crippen LogP contribution in [0.15, 0.2) is 29.2 Å². The van der Waals surface area contributed by atoms with Gasteiger partial charge in [0.15, 0.2) is 0 Å². The molecule has 2 fully saturated rings. The van der Waals surface area contributed by atoms with Crippen LogP contribution in [0.25, 0.3) is 0 Å². The Labute approximate surface area is 230 Å². The minimum absolute atomic E-state index is 0.0122. The van der Waals surface area contributed by atoms with Crippen LogP contribution in [0.5, 0.6) is 0 Å². The maximum Gasteiger partial charge on any atom is 0.257 e. The number of thiophene rings is 1. The molecule has 38 heavy (non-hydrogen) atoms. The van der Waals surface area contributed by atoms with Crippen molar-refractivity contribution in [2.45, 2.75) is 69.7 Å². The molecular weight excluding hydrogens is 520 g/mol. The van der Waals surface area contributed by atoms with Crippen LogP contribution >= 0.6 is 11.3 Å². The average Bonchev–Trinajstić information content (AvgIpc) is 3.48. The van der Waals surface area contributed by atoms with Crippen LogP contribution in [-0.4, -0.2) is 73.6 Å². The smallest absolute Gasteiger partial charge is 0.257 e. The second kappa shape index (κ2) is 11.9. The first kappa shape index (κ1) is 27.3. The summed E-state index contributed by atoms with van der Waals surface area (Å²) in [6, 6.07) is 6.18. The van der Waals surface area contributed by atoms with Gasteiger partial charge in [-0.15, -0.1) is 11.3 Å². The van der Waals surface area contributed by atoms with Crippen molar-refractivity contribution in [2.24, 2.45) is 0 Å². The summed E-state index contributed by atoms with van der Waals surface area (Å²) in [5.74, 6) is -0.318. The highest BCUT2D eigenvalue weighted by Crippen LogP contribution is 2.38. The highest BCUT2D eigenvalue weighted by molar-refractivity contribution is 7.89. The lowest BCUT2D eigenvalue weighted by atomic mass is 10.0. The molecule has 3 aliphatic heterocycles. The Morgan fingerprint density at radius 3 is 2.24 bits per heavy atom. The van der Waals surface area contributed by atoms with E-state index in [-0.39, 0.29) is 16.7 Å². The van der Waals surface area contributed by atoms with Crippen LogP contribution in [-0.2, 0) is 23.0 Å². The zero-order valence-corrected chi connectivity index (χ0v) is 23.8. The van der Waals surface area contributed by atoms with Crippen LogP contribution in [0, 0.1) is 0 Å². The van der Waals surface area contributed by atoms with E-state index in [2.05, 4.69) is 17.1 Å². The molecule has 1 aromatic carbocycles. The van der Waals surface area contributed by atoms with Gasteiger partial charge in [0.1, 0.15) is 5.00 Å². The molecule has 206 valence electrons. The Morgan fingerprint density at radius 1 is 0.921 bits per heavy atom. The second-order valence-corrected chi connectivity index (χ2v) is 13.6. The van der Waals surface area contributed by atoms with Gasteiger partial charge in [0, 0.05) is 49.7 Å². The Bertz CT molecular complexity index is 1260. The average molecular weight is 559 g/mol. The number of fused-ring (bicyclic) bond motifs is 1. The van der Waals surface area contributed by atoms with E-state index >= 15 is 0 Å². The van der Waals surface area contributed by atoms with Crippen molar-refractivity contribution in [2.75, 3.05) is 44.6 Å². The molecule has 5 rings (SSSR count). The molecule has 0 aliphatic carbocycles. The number of likely N-dealkylation sites (tertiary alicyclic amines) is 1. The van der Waals surface area contributed by atoms with Crippen molar-refractivity contribution in [1.82, 2.24) is 14.1 Å². The molecule has 1 N–H and O–H groups in total. The third-order valence-corrected chi connectivity index (χ3v) is 10.9. The summed E-state index contributed by atoms with van der Waals surface area (Å²) in [5.41, 5.74) is 2.10. The third-order valence-electron chi connectivity index (χ3n) is 7.83. The van der Waals surface area contributed by atoms with Gasteiger partial charge in [-0.1, -0.05) is 19.8 Å². The summed E-state index contributed by atoms with van der Waals surface area (Å²) in [6.07, 6.45) is 7.76. The molecule has 2 saturated heterocycles. The first-order valence-corrected chi connectivity index (χ1v) is 16.2. The zero-order valence-electron chi connectivity index (χ0n) is 22.2. The quantitative estimate of drug-likeness (QED) is 0.538. The number of rotatable bonds is 7. The predicted octanol–water partition coefficient (Wildman–Crippen LogP) is 4.57. The summed E-state index contributed by atoms with van der Waals surface area (Å²) >= 11 is 1.51. The van der Waals surface area contributed by atoms with E-state index in [1.54, 1.807) is 16.4 Å². The van der Waals surface area contributed by atoms with Crippen molar-refractivity contribution < 1.29 is 18.0 Å². The highest BCUT2D eigenvalue weighted by atomic mass is 32.2. The van der Waals surface area contributed by atoms with Gasteiger partial charge in [-0.25, -0.2) is 8.42 Å². The number of benzene rings is 1. The third kappa shape index (κ3) is 5.68. The SMILES string of the molecule is CCCN1CCc2c(sc(NC(=O)c3ccc(S(=O)(=O)N4CCCCCC4)cc3)c2C(=O)N2CCCC2)C1. The molecule has 0 unspecified atom stereocenters. The number of sulfonamides is 1. The number of carbonyl (C=O) groups excluding carboxylic acids is 2. The van der Waals surface area contributed by atoms with E-state index in [1.807, 2.05) is 4.90 Å². The Hall–Kier alpha value is -2.27. The maximum atomic E-state index is 13.6. The van der Waals surface area contributed by atoms with Crippen LogP contribution in [0.2, 0.25) is 0 Å². The molecule has 3 aliphatic rings. The monoisotopic (exact) mass is 558 g/mol. The summed E-state index contributed by atoms with van der Waals surface area (Å²) in [4.78, 5) is 32.5. The Balaban J connectivity index is 1.37. The van der Waals surface area contributed by atoms with Gasteiger partial charge >= 0.3 is 0 Å². The van der Waals surface area contributed by atoms with Crippen molar-refractivity contribution in [3.05, 3.63) is 45.8 Å². The molecule has 2 amide bonds. The number of amides is 2. The molecule has 0 saturated carbocycles. The normalized spacial score (nSPS) is 19.2. The zero-order chi connectivity index (χ0) is 26.7. The number of hydrogen-bond acceptors (Lipinski definition) is 6. The molecule has 4 heterocycles. The highest BCUT2D eigenvalue weighted by Gasteiger charge is 2.32. The molecule has 2 aromatic rings. The summed E-state index contributed by atoms with van der Waals surface area (Å²) in [5, 5.41) is 3.63. The van der Waals surface area contributed by atoms with Gasteiger partial charge in [0.05, 0.1) is 10.5 Å². The van der Waals surface area contributed by atoms with Gasteiger partial charge < -0.3 is 10.2 Å².